The molecule has 1 rings (SSSR count). The van der Waals surface area contributed by atoms with Crippen molar-refractivity contribution < 1.29 is 5.21 Å². The number of nitrogens with zero attached hydrogens (tertiary/aromatic N) is 1. The van der Waals surface area contributed by atoms with Gasteiger partial charge < -0.3 is 5.21 Å². The molecule has 0 saturated carbocycles. The van der Waals surface area contributed by atoms with E-state index in [-0.39, 0.29) is 5.71 Å². The van der Waals surface area contributed by atoms with Gasteiger partial charge in [-0.2, -0.15) is 0 Å². The normalized spacial score (nSPS) is 13.0. The van der Waals surface area contributed by atoms with Crippen LogP contribution in [-0.4, -0.2) is 14.7 Å². The van der Waals surface area contributed by atoms with E-state index in [4.69, 9.17) is 40.0 Å². The fraction of sp³-hybridized carbons (Fsp3) is 0.125. The van der Waals surface area contributed by atoms with Gasteiger partial charge in [-0.05, 0) is 0 Å². The Morgan fingerprint density at radius 3 is 2.08 bits per heavy atom. The van der Waals surface area contributed by atoms with Gasteiger partial charge in [0.1, 0.15) is 5.71 Å². The van der Waals surface area contributed by atoms with Crippen LogP contribution in [-0.2, 0) is 0 Å². The standard InChI is InChI=1S/C8H6Cl3NO/c9-8(10,11)7(12-13)6-4-2-1-3-5-6/h1-5,13H. The maximum Gasteiger partial charge on any atom is 0.236 e. The maximum atomic E-state index is 8.65. The molecule has 0 aromatic heterocycles. The maximum absolute atomic E-state index is 8.65. The van der Waals surface area contributed by atoms with Crippen LogP contribution in [0.3, 0.4) is 0 Å². The number of hydrogen-bond acceptors (Lipinski definition) is 2. The fourth-order valence-corrected chi connectivity index (χ4v) is 1.31. The van der Waals surface area contributed by atoms with Gasteiger partial charge in [-0.3, -0.25) is 0 Å². The minimum absolute atomic E-state index is 0.0121. The number of hydrogen-bond donors (Lipinski definition) is 1. The van der Waals surface area contributed by atoms with Crippen LogP contribution in [0.2, 0.25) is 0 Å². The average Bonchev–Trinajstić information content (AvgIpc) is 2.05. The van der Waals surface area contributed by atoms with Crippen molar-refractivity contribution in [3.63, 3.8) is 0 Å². The lowest BCUT2D eigenvalue weighted by atomic mass is 10.1. The second-order valence-electron chi connectivity index (χ2n) is 2.31. The predicted molar refractivity (Wildman–Crippen MR) is 55.1 cm³/mol. The van der Waals surface area contributed by atoms with E-state index in [0.29, 0.717) is 5.56 Å². The second kappa shape index (κ2) is 4.18. The molecule has 0 unspecified atom stereocenters. The highest BCUT2D eigenvalue weighted by molar-refractivity contribution is 6.77. The van der Waals surface area contributed by atoms with Gasteiger partial charge in [0.2, 0.25) is 3.79 Å². The third kappa shape index (κ3) is 2.76. The number of alkyl halides is 3. The molecule has 0 amide bonds. The van der Waals surface area contributed by atoms with Crippen molar-refractivity contribution in [2.45, 2.75) is 3.79 Å². The van der Waals surface area contributed by atoms with Gasteiger partial charge in [0, 0.05) is 5.56 Å². The van der Waals surface area contributed by atoms with E-state index in [9.17, 15) is 0 Å². The molecule has 2 nitrogen and oxygen atoms in total. The van der Waals surface area contributed by atoms with Gasteiger partial charge in [0.05, 0.1) is 0 Å². The lowest BCUT2D eigenvalue weighted by Crippen LogP contribution is -2.20. The second-order valence-corrected chi connectivity index (χ2v) is 4.59. The molecule has 13 heavy (non-hydrogen) atoms. The van der Waals surface area contributed by atoms with Gasteiger partial charge in [-0.1, -0.05) is 70.3 Å². The van der Waals surface area contributed by atoms with Crippen molar-refractivity contribution >= 4 is 40.5 Å². The Hall–Kier alpha value is -0.440. The first-order chi connectivity index (χ1) is 6.05. The largest absolute Gasteiger partial charge is 0.410 e. The molecule has 0 heterocycles. The first kappa shape index (κ1) is 10.6. The summed E-state index contributed by atoms with van der Waals surface area (Å²) in [5.74, 6) is 0. The Morgan fingerprint density at radius 1 is 1.15 bits per heavy atom. The Morgan fingerprint density at radius 2 is 1.69 bits per heavy atom. The molecule has 1 aromatic carbocycles. The third-order valence-electron chi connectivity index (χ3n) is 1.42. The summed E-state index contributed by atoms with van der Waals surface area (Å²) in [6.07, 6.45) is 0. The molecule has 1 N–H and O–H groups in total. The highest BCUT2D eigenvalue weighted by atomic mass is 35.6. The van der Waals surface area contributed by atoms with Crippen molar-refractivity contribution in [2.24, 2.45) is 5.16 Å². The van der Waals surface area contributed by atoms with Gasteiger partial charge in [-0.25, -0.2) is 0 Å². The Kier molecular flexibility index (Phi) is 3.42. The topological polar surface area (TPSA) is 32.6 Å². The molecule has 1 aromatic rings. The van der Waals surface area contributed by atoms with Gasteiger partial charge in [0.15, 0.2) is 0 Å². The molecule has 0 saturated heterocycles. The van der Waals surface area contributed by atoms with Crippen LogP contribution in [0.15, 0.2) is 35.5 Å². The molecule has 0 aliphatic carbocycles. The summed E-state index contributed by atoms with van der Waals surface area (Å²) < 4.78 is -1.71. The van der Waals surface area contributed by atoms with Gasteiger partial charge in [0.25, 0.3) is 0 Å². The van der Waals surface area contributed by atoms with E-state index >= 15 is 0 Å². The van der Waals surface area contributed by atoms with Crippen molar-refractivity contribution in [3.05, 3.63) is 35.9 Å². The van der Waals surface area contributed by atoms with E-state index in [1.54, 1.807) is 24.3 Å². The Bertz CT molecular complexity index is 305. The van der Waals surface area contributed by atoms with E-state index in [1.807, 2.05) is 6.07 Å². The highest BCUT2D eigenvalue weighted by Gasteiger charge is 2.29. The summed E-state index contributed by atoms with van der Waals surface area (Å²) in [7, 11) is 0. The number of rotatable bonds is 1. The van der Waals surface area contributed by atoms with Crippen molar-refractivity contribution in [1.29, 1.82) is 0 Å². The lowest BCUT2D eigenvalue weighted by Gasteiger charge is -2.12. The zero-order valence-electron chi connectivity index (χ0n) is 6.42. The number of halogens is 3. The van der Waals surface area contributed by atoms with E-state index in [1.165, 1.54) is 0 Å². The Labute approximate surface area is 90.7 Å². The molecule has 0 atom stereocenters. The summed E-state index contributed by atoms with van der Waals surface area (Å²) in [5.41, 5.74) is 0.586. The zero-order valence-corrected chi connectivity index (χ0v) is 8.68. The van der Waals surface area contributed by atoms with Crippen LogP contribution >= 0.6 is 34.8 Å². The summed E-state index contributed by atoms with van der Waals surface area (Å²) in [6.45, 7) is 0. The molecular formula is C8H6Cl3NO. The first-order valence-corrected chi connectivity index (χ1v) is 4.54. The molecule has 70 valence electrons. The molecule has 0 aliphatic heterocycles. The average molecular weight is 239 g/mol. The monoisotopic (exact) mass is 237 g/mol. The predicted octanol–water partition coefficient (Wildman–Crippen LogP) is 3.24. The highest BCUT2D eigenvalue weighted by Crippen LogP contribution is 2.30. The quantitative estimate of drug-likeness (QED) is 0.346. The minimum atomic E-state index is -1.71. The van der Waals surface area contributed by atoms with Crippen LogP contribution in [0.5, 0.6) is 0 Å². The molecule has 0 fully saturated rings. The summed E-state index contributed by atoms with van der Waals surface area (Å²) >= 11 is 16.7. The molecule has 0 bridgehead atoms. The van der Waals surface area contributed by atoms with Crippen LogP contribution in [0.25, 0.3) is 0 Å². The van der Waals surface area contributed by atoms with Crippen molar-refractivity contribution in [2.75, 3.05) is 0 Å². The van der Waals surface area contributed by atoms with Crippen LogP contribution < -0.4 is 0 Å². The number of oxime groups is 1. The summed E-state index contributed by atoms with van der Waals surface area (Å²) in [6, 6.07) is 8.72. The minimum Gasteiger partial charge on any atom is -0.410 e. The SMILES string of the molecule is ON=C(c1ccccc1)C(Cl)(Cl)Cl. The van der Waals surface area contributed by atoms with Crippen LogP contribution in [0.1, 0.15) is 5.56 Å². The smallest absolute Gasteiger partial charge is 0.236 e. The van der Waals surface area contributed by atoms with E-state index in [2.05, 4.69) is 5.16 Å². The van der Waals surface area contributed by atoms with Gasteiger partial charge in [-0.15, -0.1) is 0 Å². The molecule has 0 aliphatic rings. The molecule has 0 radical (unpaired) electrons. The fourth-order valence-electron chi connectivity index (χ4n) is 0.874. The summed E-state index contributed by atoms with van der Waals surface area (Å²) in [5, 5.41) is 11.6. The molecule has 5 heteroatoms. The summed E-state index contributed by atoms with van der Waals surface area (Å²) in [4.78, 5) is 0. The van der Waals surface area contributed by atoms with Crippen LogP contribution in [0.4, 0.5) is 0 Å². The van der Waals surface area contributed by atoms with E-state index in [0.717, 1.165) is 0 Å². The van der Waals surface area contributed by atoms with Gasteiger partial charge >= 0.3 is 0 Å². The third-order valence-corrected chi connectivity index (χ3v) is 1.95. The van der Waals surface area contributed by atoms with Crippen molar-refractivity contribution in [1.82, 2.24) is 0 Å². The molecular weight excluding hydrogens is 232 g/mol. The zero-order chi connectivity index (χ0) is 9.90. The number of benzene rings is 1. The molecule has 0 spiro atoms. The van der Waals surface area contributed by atoms with Crippen LogP contribution in [0, 0.1) is 0 Å². The lowest BCUT2D eigenvalue weighted by molar-refractivity contribution is 0.318. The first-order valence-electron chi connectivity index (χ1n) is 3.40. The Balaban J connectivity index is 3.08. The van der Waals surface area contributed by atoms with E-state index < -0.39 is 3.79 Å². The van der Waals surface area contributed by atoms with Crippen molar-refractivity contribution in [3.8, 4) is 0 Å².